The Hall–Kier alpha value is -1.13. The molecule has 2 heterocycles. The van der Waals surface area contributed by atoms with Gasteiger partial charge in [0.15, 0.2) is 0 Å². The normalized spacial score (nSPS) is 14.5. The summed E-state index contributed by atoms with van der Waals surface area (Å²) in [6.45, 7) is 6.56. The van der Waals surface area contributed by atoms with Gasteiger partial charge in [-0.1, -0.05) is 15.9 Å². The molecule has 0 aliphatic carbocycles. The van der Waals surface area contributed by atoms with Crippen molar-refractivity contribution >= 4 is 32.5 Å². The molecule has 1 aliphatic heterocycles. The third-order valence-corrected chi connectivity index (χ3v) is 4.47. The van der Waals surface area contributed by atoms with Gasteiger partial charge in [0.05, 0.1) is 30.1 Å². The quantitative estimate of drug-likeness (QED) is 0.913. The molecular weight excluding hydrogens is 304 g/mol. The fraction of sp³-hybridized carbons (Fsp3) is 0.400. The number of rotatable bonds is 2. The average Bonchev–Trinajstić information content (AvgIpc) is 2.43. The van der Waals surface area contributed by atoms with E-state index >= 15 is 0 Å². The van der Waals surface area contributed by atoms with E-state index in [0.717, 1.165) is 29.6 Å². The lowest BCUT2D eigenvalue weighted by molar-refractivity contribution is 0.110. The largest absolute Gasteiger partial charge is 0.384 e. The van der Waals surface area contributed by atoms with Crippen LogP contribution in [0.5, 0.6) is 0 Å². The minimum absolute atomic E-state index is 0.662. The van der Waals surface area contributed by atoms with E-state index in [1.54, 1.807) is 0 Å². The van der Waals surface area contributed by atoms with E-state index in [-0.39, 0.29) is 0 Å². The van der Waals surface area contributed by atoms with Crippen LogP contribution in [0.15, 0.2) is 16.6 Å². The van der Waals surface area contributed by atoms with Gasteiger partial charge >= 0.3 is 0 Å². The van der Waals surface area contributed by atoms with E-state index in [1.165, 1.54) is 27.9 Å². The number of pyridine rings is 1. The Morgan fingerprint density at radius 2 is 2.26 bits per heavy atom. The maximum Gasteiger partial charge on any atom is 0.0766 e. The topological polar surface area (TPSA) is 34.2 Å². The van der Waals surface area contributed by atoms with Crippen molar-refractivity contribution in [3.63, 3.8) is 0 Å². The summed E-state index contributed by atoms with van der Waals surface area (Å²) in [6, 6.07) is 4.22. The van der Waals surface area contributed by atoms with Crippen molar-refractivity contribution in [2.75, 3.05) is 18.5 Å². The van der Waals surface area contributed by atoms with Crippen LogP contribution in [0.4, 0.5) is 5.69 Å². The fourth-order valence-corrected chi connectivity index (χ4v) is 2.93. The summed E-state index contributed by atoms with van der Waals surface area (Å²) < 4.78 is 6.71. The number of aromatic nitrogens is 1. The Morgan fingerprint density at radius 1 is 1.42 bits per heavy atom. The summed E-state index contributed by atoms with van der Waals surface area (Å²) >= 11 is 3.59. The molecule has 4 heteroatoms. The number of nitrogens with one attached hydrogen (secondary N) is 1. The van der Waals surface area contributed by atoms with E-state index < -0.39 is 0 Å². The summed E-state index contributed by atoms with van der Waals surface area (Å²) in [5.41, 5.74) is 5.88. The number of hydrogen-bond acceptors (Lipinski definition) is 3. The fourth-order valence-electron chi connectivity index (χ4n) is 2.61. The van der Waals surface area contributed by atoms with Gasteiger partial charge in [0.25, 0.3) is 0 Å². The van der Waals surface area contributed by atoms with Crippen LogP contribution in [-0.4, -0.2) is 18.1 Å². The molecule has 0 unspecified atom stereocenters. The highest BCUT2D eigenvalue weighted by atomic mass is 79.9. The minimum atomic E-state index is 0.662. The van der Waals surface area contributed by atoms with Crippen molar-refractivity contribution < 1.29 is 4.74 Å². The van der Waals surface area contributed by atoms with Gasteiger partial charge in [0, 0.05) is 28.4 Å². The minimum Gasteiger partial charge on any atom is -0.384 e. The summed E-state index contributed by atoms with van der Waals surface area (Å²) in [4.78, 5) is 4.87. The molecule has 0 spiro atoms. The maximum atomic E-state index is 5.60. The number of benzene rings is 1. The van der Waals surface area contributed by atoms with Crippen molar-refractivity contribution in [1.82, 2.24) is 4.98 Å². The molecule has 3 rings (SSSR count). The number of nitrogens with zero attached hydrogens (tertiary/aromatic N) is 1. The second-order valence-corrected chi connectivity index (χ2v) is 5.67. The lowest BCUT2D eigenvalue weighted by Gasteiger charge is -2.22. The summed E-state index contributed by atoms with van der Waals surface area (Å²) in [5.74, 6) is 0. The molecule has 0 amide bonds. The van der Waals surface area contributed by atoms with E-state index in [1.807, 2.05) is 0 Å². The highest BCUT2D eigenvalue weighted by Gasteiger charge is 2.19. The zero-order valence-corrected chi connectivity index (χ0v) is 12.8. The smallest absolute Gasteiger partial charge is 0.0766 e. The highest BCUT2D eigenvalue weighted by molar-refractivity contribution is 9.10. The zero-order valence-electron chi connectivity index (χ0n) is 11.2. The molecule has 1 aromatic carbocycles. The maximum absolute atomic E-state index is 5.60. The molecule has 3 nitrogen and oxygen atoms in total. The average molecular weight is 321 g/mol. The second kappa shape index (κ2) is 5.10. The zero-order chi connectivity index (χ0) is 13.4. The number of halogens is 1. The Kier molecular flexibility index (Phi) is 3.46. The van der Waals surface area contributed by atoms with Gasteiger partial charge in [-0.2, -0.15) is 0 Å². The van der Waals surface area contributed by atoms with Gasteiger partial charge in [0.1, 0.15) is 0 Å². The third kappa shape index (κ3) is 2.13. The number of aryl methyl sites for hydroxylation is 1. The van der Waals surface area contributed by atoms with Gasteiger partial charge < -0.3 is 10.1 Å². The first-order chi connectivity index (χ1) is 9.22. The van der Waals surface area contributed by atoms with Crippen LogP contribution in [0, 0.1) is 6.92 Å². The van der Waals surface area contributed by atoms with Crippen LogP contribution < -0.4 is 5.32 Å². The molecule has 0 radical (unpaired) electrons. The predicted octanol–water partition coefficient (Wildman–Crippen LogP) is 3.81. The molecule has 2 aromatic rings. The molecule has 0 fully saturated rings. The van der Waals surface area contributed by atoms with Crippen LogP contribution in [0.2, 0.25) is 0 Å². The first-order valence-electron chi connectivity index (χ1n) is 6.64. The third-order valence-electron chi connectivity index (χ3n) is 3.61. The summed E-state index contributed by atoms with van der Waals surface area (Å²) in [7, 11) is 0. The number of hydrogen-bond donors (Lipinski definition) is 1. The van der Waals surface area contributed by atoms with Crippen LogP contribution in [0.25, 0.3) is 10.9 Å². The molecule has 100 valence electrons. The Balaban J connectivity index is 2.35. The molecule has 0 saturated heterocycles. The van der Waals surface area contributed by atoms with E-state index in [0.29, 0.717) is 6.61 Å². The van der Waals surface area contributed by atoms with Gasteiger partial charge in [-0.15, -0.1) is 0 Å². The van der Waals surface area contributed by atoms with Gasteiger partial charge in [0.2, 0.25) is 0 Å². The molecule has 19 heavy (non-hydrogen) atoms. The summed E-state index contributed by atoms with van der Waals surface area (Å²) in [6.07, 6.45) is 0.898. The molecule has 1 N–H and O–H groups in total. The van der Waals surface area contributed by atoms with Gasteiger partial charge in [-0.25, -0.2) is 0 Å². The van der Waals surface area contributed by atoms with E-state index in [2.05, 4.69) is 47.2 Å². The van der Waals surface area contributed by atoms with Gasteiger partial charge in [-0.05, 0) is 31.5 Å². The second-order valence-electron chi connectivity index (χ2n) is 4.81. The van der Waals surface area contributed by atoms with Crippen LogP contribution in [0.3, 0.4) is 0 Å². The van der Waals surface area contributed by atoms with E-state index in [4.69, 9.17) is 9.72 Å². The van der Waals surface area contributed by atoms with Crippen LogP contribution >= 0.6 is 15.9 Å². The van der Waals surface area contributed by atoms with Crippen molar-refractivity contribution in [1.29, 1.82) is 0 Å². The lowest BCUT2D eigenvalue weighted by atomic mass is 10.0. The Bertz CT molecular complexity index is 640. The number of fused-ring (bicyclic) bond motifs is 2. The van der Waals surface area contributed by atoms with Crippen molar-refractivity contribution in [3.05, 3.63) is 33.4 Å². The summed E-state index contributed by atoms with van der Waals surface area (Å²) in [5, 5.41) is 4.68. The molecular formula is C15H17BrN2O. The molecule has 1 aliphatic rings. The van der Waals surface area contributed by atoms with Crippen LogP contribution in [0.1, 0.15) is 23.7 Å². The Labute approximate surface area is 121 Å². The first kappa shape index (κ1) is 12.9. The van der Waals surface area contributed by atoms with Gasteiger partial charge in [-0.3, -0.25) is 4.98 Å². The monoisotopic (exact) mass is 320 g/mol. The van der Waals surface area contributed by atoms with Crippen molar-refractivity contribution in [2.24, 2.45) is 0 Å². The standard InChI is InChI=1S/C15H17BrN2O/c1-3-17-15-10-4-5-12(16)9(2)14(10)18-13-6-7-19-8-11(13)15/h4-5H,3,6-8H2,1-2H3,(H,17,18). The SMILES string of the molecule is CCNc1c2c(nc3c(C)c(Br)ccc13)CCOC2. The molecule has 1 aromatic heterocycles. The van der Waals surface area contributed by atoms with Crippen molar-refractivity contribution in [3.8, 4) is 0 Å². The number of anilines is 1. The predicted molar refractivity (Wildman–Crippen MR) is 81.7 cm³/mol. The lowest BCUT2D eigenvalue weighted by Crippen LogP contribution is -2.15. The first-order valence-corrected chi connectivity index (χ1v) is 7.43. The van der Waals surface area contributed by atoms with E-state index in [9.17, 15) is 0 Å². The highest BCUT2D eigenvalue weighted by Crippen LogP contribution is 2.34. The molecule has 0 atom stereocenters. The molecule has 0 bridgehead atoms. The van der Waals surface area contributed by atoms with Crippen molar-refractivity contribution in [2.45, 2.75) is 26.9 Å². The molecule has 0 saturated carbocycles. The van der Waals surface area contributed by atoms with Crippen LogP contribution in [-0.2, 0) is 17.8 Å². The Morgan fingerprint density at radius 3 is 3.05 bits per heavy atom. The number of ether oxygens (including phenoxy) is 1.